The van der Waals surface area contributed by atoms with Gasteiger partial charge in [0.2, 0.25) is 0 Å². The lowest BCUT2D eigenvalue weighted by atomic mass is 10.1. The van der Waals surface area contributed by atoms with Crippen LogP contribution in [0.15, 0.2) is 62.8 Å². The van der Waals surface area contributed by atoms with Crippen molar-refractivity contribution in [2.24, 2.45) is 0 Å². The number of anilines is 1. The molecular weight excluding hydrogens is 356 g/mol. The van der Waals surface area contributed by atoms with E-state index >= 15 is 0 Å². The molecule has 24 heavy (non-hydrogen) atoms. The fourth-order valence-electron chi connectivity index (χ4n) is 2.66. The van der Waals surface area contributed by atoms with Gasteiger partial charge in [-0.25, -0.2) is 0 Å². The van der Waals surface area contributed by atoms with E-state index in [2.05, 4.69) is 52.3 Å². The zero-order chi connectivity index (χ0) is 16.5. The first-order valence-corrected chi connectivity index (χ1v) is 9.84. The average Bonchev–Trinajstić information content (AvgIpc) is 3.20. The lowest BCUT2D eigenvalue weighted by Crippen LogP contribution is -1.90. The van der Waals surface area contributed by atoms with E-state index in [1.165, 1.54) is 21.4 Å². The van der Waals surface area contributed by atoms with Crippen LogP contribution in [0.2, 0.25) is 5.02 Å². The molecule has 0 unspecified atom stereocenters. The third-order valence-corrected chi connectivity index (χ3v) is 5.89. The first kappa shape index (κ1) is 15.8. The van der Waals surface area contributed by atoms with Gasteiger partial charge >= 0.3 is 0 Å². The molecule has 2 aromatic heterocycles. The Kier molecular flexibility index (Phi) is 4.35. The van der Waals surface area contributed by atoms with E-state index in [4.69, 9.17) is 11.6 Å². The van der Waals surface area contributed by atoms with Crippen molar-refractivity contribution in [3.63, 3.8) is 0 Å². The summed E-state index contributed by atoms with van der Waals surface area (Å²) in [5.74, 6) is 0. The Morgan fingerprint density at radius 2 is 2.21 bits per heavy atom. The summed E-state index contributed by atoms with van der Waals surface area (Å²) in [7, 11) is 0. The van der Waals surface area contributed by atoms with Crippen molar-refractivity contribution in [1.82, 2.24) is 4.98 Å². The summed E-state index contributed by atoms with van der Waals surface area (Å²) in [6, 6.07) is 8.03. The molecule has 1 aliphatic heterocycles. The fraction of sp³-hybridized carbons (Fsp3) is 0.105. The Morgan fingerprint density at radius 3 is 3.08 bits per heavy atom. The second-order valence-corrected chi connectivity index (χ2v) is 7.78. The number of halogens is 1. The molecule has 0 aliphatic carbocycles. The molecule has 0 saturated heterocycles. The van der Waals surface area contributed by atoms with Crippen molar-refractivity contribution < 1.29 is 0 Å². The lowest BCUT2D eigenvalue weighted by Gasteiger charge is -2.03. The zero-order valence-corrected chi connectivity index (χ0v) is 15.4. The molecule has 2 nitrogen and oxygen atoms in total. The van der Waals surface area contributed by atoms with Crippen LogP contribution in [-0.4, -0.2) is 4.98 Å². The SMILES string of the molecule is CCC(=Cc1ccnc2cscc12)C=C1Nc2cc(Cl)ccc2S1. The van der Waals surface area contributed by atoms with E-state index in [0.29, 0.717) is 0 Å². The van der Waals surface area contributed by atoms with Gasteiger partial charge in [-0.15, -0.1) is 11.3 Å². The second kappa shape index (κ2) is 6.63. The molecule has 0 spiro atoms. The predicted octanol–water partition coefficient (Wildman–Crippen LogP) is 6.80. The number of thiophene rings is 1. The highest BCUT2D eigenvalue weighted by Gasteiger charge is 2.16. The standard InChI is InChI=1S/C19H15ClN2S2/c1-2-12(7-13-5-6-21-17-11-23-10-15(13)17)8-19-22-16-9-14(20)3-4-18(16)24-19/h3-11,22H,2H2,1H3. The number of thioether (sulfide) groups is 1. The Morgan fingerprint density at radius 1 is 1.29 bits per heavy atom. The van der Waals surface area contributed by atoms with Gasteiger partial charge < -0.3 is 5.32 Å². The molecule has 4 rings (SSSR count). The van der Waals surface area contributed by atoms with Crippen molar-refractivity contribution in [3.05, 3.63) is 68.5 Å². The van der Waals surface area contributed by atoms with Crippen molar-refractivity contribution >= 4 is 57.4 Å². The number of aromatic nitrogens is 1. The summed E-state index contributed by atoms with van der Waals surface area (Å²) in [4.78, 5) is 5.62. The maximum Gasteiger partial charge on any atom is 0.0814 e. The number of hydrogen-bond acceptors (Lipinski definition) is 4. The Bertz CT molecular complexity index is 972. The minimum atomic E-state index is 0.756. The van der Waals surface area contributed by atoms with Crippen molar-refractivity contribution in [2.75, 3.05) is 5.32 Å². The fourth-order valence-corrected chi connectivity index (χ4v) is 4.58. The van der Waals surface area contributed by atoms with Gasteiger partial charge in [-0.3, -0.25) is 4.98 Å². The van der Waals surface area contributed by atoms with Crippen LogP contribution >= 0.6 is 34.7 Å². The highest BCUT2D eigenvalue weighted by atomic mass is 35.5. The summed E-state index contributed by atoms with van der Waals surface area (Å²) in [5, 5.41) is 10.8. The zero-order valence-electron chi connectivity index (χ0n) is 13.0. The first-order valence-electron chi connectivity index (χ1n) is 7.70. The normalized spacial score (nSPS) is 15.8. The summed E-state index contributed by atoms with van der Waals surface area (Å²) in [6.07, 6.45) is 7.32. The smallest absolute Gasteiger partial charge is 0.0814 e. The molecule has 0 fully saturated rings. The van der Waals surface area contributed by atoms with Crippen molar-refractivity contribution in [1.29, 1.82) is 0 Å². The van der Waals surface area contributed by atoms with Crippen LogP contribution in [0.25, 0.3) is 17.0 Å². The number of rotatable bonds is 3. The van der Waals surface area contributed by atoms with Gasteiger partial charge in [0.25, 0.3) is 0 Å². The minimum Gasteiger partial charge on any atom is -0.349 e. The van der Waals surface area contributed by atoms with Gasteiger partial charge in [0.15, 0.2) is 0 Å². The molecule has 5 heteroatoms. The number of nitrogens with zero attached hydrogens (tertiary/aromatic N) is 1. The molecular formula is C19H15ClN2S2. The number of allylic oxidation sites excluding steroid dienone is 2. The van der Waals surface area contributed by atoms with Crippen LogP contribution in [0.1, 0.15) is 18.9 Å². The maximum atomic E-state index is 6.07. The van der Waals surface area contributed by atoms with Crippen LogP contribution in [0.3, 0.4) is 0 Å². The summed E-state index contributed by atoms with van der Waals surface area (Å²) in [5.41, 5.74) is 4.65. The van der Waals surface area contributed by atoms with E-state index in [9.17, 15) is 0 Å². The number of pyridine rings is 1. The van der Waals surface area contributed by atoms with E-state index in [-0.39, 0.29) is 0 Å². The van der Waals surface area contributed by atoms with E-state index in [0.717, 1.165) is 27.7 Å². The number of fused-ring (bicyclic) bond motifs is 2. The summed E-state index contributed by atoms with van der Waals surface area (Å²) < 4.78 is 0. The molecule has 1 N–H and O–H groups in total. The van der Waals surface area contributed by atoms with E-state index in [1.807, 2.05) is 18.3 Å². The van der Waals surface area contributed by atoms with Gasteiger partial charge in [-0.1, -0.05) is 36.4 Å². The summed E-state index contributed by atoms with van der Waals surface area (Å²) in [6.45, 7) is 2.18. The van der Waals surface area contributed by atoms with E-state index < -0.39 is 0 Å². The van der Waals surface area contributed by atoms with Crippen LogP contribution in [0.5, 0.6) is 0 Å². The molecule has 0 bridgehead atoms. The van der Waals surface area contributed by atoms with Gasteiger partial charge in [-0.2, -0.15) is 0 Å². The Labute approximate surface area is 154 Å². The molecule has 1 aliphatic rings. The van der Waals surface area contributed by atoms with Crippen LogP contribution in [-0.2, 0) is 0 Å². The molecule has 1 aromatic carbocycles. The van der Waals surface area contributed by atoms with E-state index in [1.54, 1.807) is 23.1 Å². The third kappa shape index (κ3) is 3.09. The van der Waals surface area contributed by atoms with Gasteiger partial charge in [0.05, 0.1) is 16.2 Å². The largest absolute Gasteiger partial charge is 0.349 e. The highest BCUT2D eigenvalue weighted by molar-refractivity contribution is 8.03. The molecule has 0 saturated carbocycles. The van der Waals surface area contributed by atoms with Crippen molar-refractivity contribution in [3.8, 4) is 0 Å². The lowest BCUT2D eigenvalue weighted by molar-refractivity contribution is 1.16. The molecule has 0 amide bonds. The van der Waals surface area contributed by atoms with Crippen LogP contribution in [0, 0.1) is 0 Å². The van der Waals surface area contributed by atoms with Crippen molar-refractivity contribution in [2.45, 2.75) is 18.2 Å². The molecule has 120 valence electrons. The third-order valence-electron chi connectivity index (χ3n) is 3.91. The quantitative estimate of drug-likeness (QED) is 0.548. The van der Waals surface area contributed by atoms with Gasteiger partial charge in [0, 0.05) is 32.3 Å². The predicted molar refractivity (Wildman–Crippen MR) is 107 cm³/mol. The molecule has 0 atom stereocenters. The van der Waals surface area contributed by atoms with Gasteiger partial charge in [-0.05, 0) is 47.9 Å². The monoisotopic (exact) mass is 370 g/mol. The molecule has 3 heterocycles. The topological polar surface area (TPSA) is 24.9 Å². The second-order valence-electron chi connectivity index (χ2n) is 5.52. The Balaban J connectivity index is 1.66. The number of hydrogen-bond donors (Lipinski definition) is 1. The highest BCUT2D eigenvalue weighted by Crippen LogP contribution is 2.42. The average molecular weight is 371 g/mol. The first-order chi connectivity index (χ1) is 11.7. The molecule has 0 radical (unpaired) electrons. The molecule has 3 aromatic rings. The van der Waals surface area contributed by atoms with Crippen LogP contribution in [0.4, 0.5) is 5.69 Å². The Hall–Kier alpha value is -1.75. The minimum absolute atomic E-state index is 0.756. The van der Waals surface area contributed by atoms with Crippen LogP contribution < -0.4 is 5.32 Å². The number of nitrogens with one attached hydrogen (secondary N) is 1. The number of benzene rings is 1. The maximum absolute atomic E-state index is 6.07. The van der Waals surface area contributed by atoms with Gasteiger partial charge in [0.1, 0.15) is 0 Å². The summed E-state index contributed by atoms with van der Waals surface area (Å²) >= 11 is 9.51.